The minimum atomic E-state index is -0.455. The van der Waals surface area contributed by atoms with Crippen LogP contribution in [0.2, 0.25) is 0 Å². The second kappa shape index (κ2) is 8.26. The first kappa shape index (κ1) is 17.0. The van der Waals surface area contributed by atoms with E-state index in [1.54, 1.807) is 38.3 Å². The van der Waals surface area contributed by atoms with Crippen LogP contribution in [0, 0.1) is 5.92 Å². The Morgan fingerprint density at radius 1 is 1.24 bits per heavy atom. The maximum Gasteiger partial charge on any atom is 0.310 e. The van der Waals surface area contributed by atoms with E-state index in [0.717, 1.165) is 0 Å². The van der Waals surface area contributed by atoms with Crippen LogP contribution in [0.3, 0.4) is 0 Å². The number of carbonyl (C=O) groups excluding carboxylic acids is 2. The van der Waals surface area contributed by atoms with Crippen molar-refractivity contribution in [3.8, 4) is 5.75 Å². The first-order chi connectivity index (χ1) is 10.0. The lowest BCUT2D eigenvalue weighted by atomic mass is 10.1. The molecule has 1 amide bonds. The van der Waals surface area contributed by atoms with Crippen molar-refractivity contribution < 1.29 is 24.2 Å². The SMILES string of the molecule is COC(=O)C(C)CN(CCO)C(=O)c1ccc(OC)cc1. The van der Waals surface area contributed by atoms with Gasteiger partial charge in [0.2, 0.25) is 0 Å². The van der Waals surface area contributed by atoms with Crippen LogP contribution < -0.4 is 4.74 Å². The minimum absolute atomic E-state index is 0.159. The lowest BCUT2D eigenvalue weighted by Crippen LogP contribution is -2.39. The highest BCUT2D eigenvalue weighted by molar-refractivity contribution is 5.94. The van der Waals surface area contributed by atoms with Gasteiger partial charge in [-0.3, -0.25) is 9.59 Å². The number of nitrogens with zero attached hydrogens (tertiary/aromatic N) is 1. The highest BCUT2D eigenvalue weighted by atomic mass is 16.5. The van der Waals surface area contributed by atoms with E-state index in [1.165, 1.54) is 12.0 Å². The fourth-order valence-electron chi connectivity index (χ4n) is 1.92. The maximum atomic E-state index is 12.4. The number of hydrogen-bond donors (Lipinski definition) is 1. The fraction of sp³-hybridized carbons (Fsp3) is 0.467. The first-order valence-electron chi connectivity index (χ1n) is 6.65. The minimum Gasteiger partial charge on any atom is -0.497 e. The van der Waals surface area contributed by atoms with E-state index in [2.05, 4.69) is 4.74 Å². The van der Waals surface area contributed by atoms with Crippen molar-refractivity contribution in [1.82, 2.24) is 4.90 Å². The second-order valence-electron chi connectivity index (χ2n) is 4.63. The van der Waals surface area contributed by atoms with Crippen LogP contribution in [0.5, 0.6) is 5.75 Å². The van der Waals surface area contributed by atoms with Crippen molar-refractivity contribution in [2.75, 3.05) is 33.9 Å². The molecule has 6 heteroatoms. The molecule has 1 aromatic carbocycles. The number of rotatable bonds is 7. The maximum absolute atomic E-state index is 12.4. The molecule has 6 nitrogen and oxygen atoms in total. The van der Waals surface area contributed by atoms with Gasteiger partial charge in [0.15, 0.2) is 0 Å². The average Bonchev–Trinajstić information content (AvgIpc) is 2.52. The van der Waals surface area contributed by atoms with Crippen LogP contribution in [-0.2, 0) is 9.53 Å². The smallest absolute Gasteiger partial charge is 0.310 e. The van der Waals surface area contributed by atoms with Gasteiger partial charge < -0.3 is 19.5 Å². The lowest BCUT2D eigenvalue weighted by Gasteiger charge is -2.24. The molecule has 0 aliphatic carbocycles. The molecule has 0 spiro atoms. The lowest BCUT2D eigenvalue weighted by molar-refractivity contribution is -0.145. The van der Waals surface area contributed by atoms with Crippen molar-refractivity contribution in [3.05, 3.63) is 29.8 Å². The number of aliphatic hydroxyl groups excluding tert-OH is 1. The summed E-state index contributed by atoms with van der Waals surface area (Å²) in [6, 6.07) is 6.67. The third-order valence-corrected chi connectivity index (χ3v) is 3.09. The summed E-state index contributed by atoms with van der Waals surface area (Å²) >= 11 is 0. The van der Waals surface area contributed by atoms with Crippen LogP contribution in [0.25, 0.3) is 0 Å². The predicted octanol–water partition coefficient (Wildman–Crippen LogP) is 0.939. The molecular weight excluding hydrogens is 274 g/mol. The topological polar surface area (TPSA) is 76.1 Å². The molecule has 1 N–H and O–H groups in total. The van der Waals surface area contributed by atoms with Gasteiger partial charge in [0.25, 0.3) is 5.91 Å². The summed E-state index contributed by atoms with van der Waals surface area (Å²) in [7, 11) is 2.85. The van der Waals surface area contributed by atoms with E-state index in [1.807, 2.05) is 0 Å². The van der Waals surface area contributed by atoms with Crippen LogP contribution in [-0.4, -0.2) is 55.8 Å². The average molecular weight is 295 g/mol. The molecule has 0 saturated carbocycles. The Kier molecular flexibility index (Phi) is 6.68. The highest BCUT2D eigenvalue weighted by Gasteiger charge is 2.22. The summed E-state index contributed by atoms with van der Waals surface area (Å²) in [4.78, 5) is 25.3. The molecule has 0 bridgehead atoms. The molecule has 0 aromatic heterocycles. The second-order valence-corrected chi connectivity index (χ2v) is 4.63. The number of esters is 1. The van der Waals surface area contributed by atoms with Crippen molar-refractivity contribution in [1.29, 1.82) is 0 Å². The quantitative estimate of drug-likeness (QED) is 0.758. The van der Waals surface area contributed by atoms with Crippen molar-refractivity contribution in [3.63, 3.8) is 0 Å². The summed E-state index contributed by atoms with van der Waals surface area (Å²) in [6.45, 7) is 1.86. The monoisotopic (exact) mass is 295 g/mol. The molecule has 0 fully saturated rings. The van der Waals surface area contributed by atoms with E-state index in [9.17, 15) is 9.59 Å². The Morgan fingerprint density at radius 2 is 1.86 bits per heavy atom. The number of amides is 1. The molecule has 1 aromatic rings. The van der Waals surface area contributed by atoms with Crippen molar-refractivity contribution in [2.24, 2.45) is 5.92 Å². The summed E-state index contributed by atoms with van der Waals surface area (Å²) < 4.78 is 9.69. The third-order valence-electron chi connectivity index (χ3n) is 3.09. The summed E-state index contributed by atoms with van der Waals surface area (Å²) in [5, 5.41) is 9.09. The number of aliphatic hydroxyl groups is 1. The van der Waals surface area contributed by atoms with Gasteiger partial charge in [0.05, 0.1) is 26.7 Å². The molecule has 0 radical (unpaired) electrons. The summed E-state index contributed by atoms with van der Waals surface area (Å²) in [5.74, 6) is -0.435. The van der Waals surface area contributed by atoms with Crippen LogP contribution >= 0.6 is 0 Å². The zero-order valence-electron chi connectivity index (χ0n) is 12.5. The van der Waals surface area contributed by atoms with E-state index in [-0.39, 0.29) is 31.6 Å². The van der Waals surface area contributed by atoms with Gasteiger partial charge in [-0.05, 0) is 24.3 Å². The zero-order chi connectivity index (χ0) is 15.8. The zero-order valence-corrected chi connectivity index (χ0v) is 12.5. The summed E-state index contributed by atoms with van der Waals surface area (Å²) in [6.07, 6.45) is 0. The Morgan fingerprint density at radius 3 is 2.33 bits per heavy atom. The molecule has 1 rings (SSSR count). The van der Waals surface area contributed by atoms with Crippen LogP contribution in [0.15, 0.2) is 24.3 Å². The van der Waals surface area contributed by atoms with Crippen molar-refractivity contribution in [2.45, 2.75) is 6.92 Å². The van der Waals surface area contributed by atoms with E-state index in [0.29, 0.717) is 11.3 Å². The molecule has 0 aliphatic heterocycles. The predicted molar refractivity (Wildman–Crippen MR) is 77.2 cm³/mol. The molecule has 0 saturated heterocycles. The normalized spacial score (nSPS) is 11.6. The Labute approximate surface area is 124 Å². The molecule has 116 valence electrons. The number of ether oxygens (including phenoxy) is 2. The number of hydrogen-bond acceptors (Lipinski definition) is 5. The Balaban J connectivity index is 2.82. The van der Waals surface area contributed by atoms with Crippen LogP contribution in [0.4, 0.5) is 0 Å². The van der Waals surface area contributed by atoms with Gasteiger partial charge in [-0.15, -0.1) is 0 Å². The van der Waals surface area contributed by atoms with Gasteiger partial charge in [0.1, 0.15) is 5.75 Å². The molecule has 1 unspecified atom stereocenters. The molecule has 0 heterocycles. The van der Waals surface area contributed by atoms with E-state index >= 15 is 0 Å². The number of benzene rings is 1. The Bertz CT molecular complexity index is 471. The Hall–Kier alpha value is -2.08. The molecular formula is C15H21NO5. The van der Waals surface area contributed by atoms with Gasteiger partial charge in [-0.1, -0.05) is 6.92 Å². The number of carbonyl (C=O) groups is 2. The van der Waals surface area contributed by atoms with Gasteiger partial charge in [-0.2, -0.15) is 0 Å². The molecule has 1 atom stereocenters. The van der Waals surface area contributed by atoms with E-state index in [4.69, 9.17) is 9.84 Å². The largest absolute Gasteiger partial charge is 0.497 e. The van der Waals surface area contributed by atoms with Crippen molar-refractivity contribution >= 4 is 11.9 Å². The standard InChI is InChI=1S/C15H21NO5/c1-11(15(19)21-3)10-16(8-9-17)14(18)12-4-6-13(20-2)7-5-12/h4-7,11,17H,8-10H2,1-3H3. The fourth-order valence-corrected chi connectivity index (χ4v) is 1.92. The van der Waals surface area contributed by atoms with Crippen LogP contribution in [0.1, 0.15) is 17.3 Å². The van der Waals surface area contributed by atoms with E-state index < -0.39 is 5.92 Å². The van der Waals surface area contributed by atoms with Gasteiger partial charge >= 0.3 is 5.97 Å². The summed E-state index contributed by atoms with van der Waals surface area (Å²) in [5.41, 5.74) is 0.473. The first-order valence-corrected chi connectivity index (χ1v) is 6.65. The third kappa shape index (κ3) is 4.75. The number of methoxy groups -OCH3 is 2. The molecule has 0 aliphatic rings. The van der Waals surface area contributed by atoms with Gasteiger partial charge in [0, 0.05) is 18.7 Å². The van der Waals surface area contributed by atoms with Gasteiger partial charge in [-0.25, -0.2) is 0 Å². The molecule has 21 heavy (non-hydrogen) atoms. The highest BCUT2D eigenvalue weighted by Crippen LogP contribution is 2.14.